The summed E-state index contributed by atoms with van der Waals surface area (Å²) in [5.74, 6) is 0.115. The van der Waals surface area contributed by atoms with Gasteiger partial charge < -0.3 is 33.8 Å². The molecule has 17 nitrogen and oxygen atoms in total. The van der Waals surface area contributed by atoms with E-state index in [1.807, 2.05) is 0 Å². The van der Waals surface area contributed by atoms with Crippen molar-refractivity contribution < 1.29 is 80.2 Å². The Balaban J connectivity index is 5.24. The van der Waals surface area contributed by atoms with Crippen molar-refractivity contribution in [3.63, 3.8) is 0 Å². The van der Waals surface area contributed by atoms with Crippen molar-refractivity contribution in [1.29, 1.82) is 0 Å². The van der Waals surface area contributed by atoms with Crippen LogP contribution in [0.5, 0.6) is 0 Å². The second kappa shape index (κ2) is 67.5. The average Bonchev–Trinajstić information content (AvgIpc) is 1.09. The van der Waals surface area contributed by atoms with Gasteiger partial charge in [-0.3, -0.25) is 37.3 Å². The van der Waals surface area contributed by atoms with Crippen LogP contribution in [0.3, 0.4) is 0 Å². The van der Waals surface area contributed by atoms with Gasteiger partial charge in [-0.25, -0.2) is 9.13 Å². The smallest absolute Gasteiger partial charge is 0.462 e. The Morgan fingerprint density at radius 2 is 0.479 bits per heavy atom. The SMILES string of the molecule is CCCCCCCCCCCCCCCCCCCCC(=O)O[C@H](COC(=O)CCCCCCCCCCCCCCCC(C)C)COP(=O)(O)OC[C@@H](O)COP(=O)(O)OC[C@@H](COC(=O)CCCCCCCCCC(C)C)OC(=O)CCCCCCCCCCCC(C)C. The number of phosphoric ester groups is 2. The lowest BCUT2D eigenvalue weighted by Gasteiger charge is -2.21. The molecule has 0 saturated carbocycles. The third-order valence-electron chi connectivity index (χ3n) is 17.9. The first kappa shape index (κ1) is 94.1. The maximum atomic E-state index is 13.1. The molecule has 0 aliphatic heterocycles. The maximum absolute atomic E-state index is 13.1. The van der Waals surface area contributed by atoms with Crippen LogP contribution in [0.2, 0.25) is 0 Å². The third-order valence-corrected chi connectivity index (χ3v) is 19.8. The van der Waals surface area contributed by atoms with Gasteiger partial charge in [0.25, 0.3) is 0 Å². The summed E-state index contributed by atoms with van der Waals surface area (Å²) in [6, 6.07) is 0. The predicted molar refractivity (Wildman–Crippen MR) is 391 cm³/mol. The van der Waals surface area contributed by atoms with Crippen LogP contribution in [-0.4, -0.2) is 96.7 Å². The highest BCUT2D eigenvalue weighted by molar-refractivity contribution is 7.47. The molecule has 0 aromatic heterocycles. The second-order valence-electron chi connectivity index (χ2n) is 29.2. The third kappa shape index (κ3) is 70.5. The summed E-state index contributed by atoms with van der Waals surface area (Å²) in [6.07, 6.45) is 54.2. The summed E-state index contributed by atoms with van der Waals surface area (Å²) < 4.78 is 68.5. The fraction of sp³-hybridized carbons (Fsp3) is 0.948. The lowest BCUT2D eigenvalue weighted by Crippen LogP contribution is -2.30. The molecule has 0 aromatic rings. The van der Waals surface area contributed by atoms with E-state index in [4.69, 9.17) is 37.0 Å². The fourth-order valence-electron chi connectivity index (χ4n) is 11.8. The summed E-state index contributed by atoms with van der Waals surface area (Å²) in [5.41, 5.74) is 0. The molecule has 96 heavy (non-hydrogen) atoms. The largest absolute Gasteiger partial charge is 0.472 e. The Labute approximate surface area is 588 Å². The van der Waals surface area contributed by atoms with Crippen LogP contribution in [0.25, 0.3) is 0 Å². The Morgan fingerprint density at radius 1 is 0.281 bits per heavy atom. The number of phosphoric acid groups is 2. The standard InChI is InChI=1S/C77H150O17P2/c1-8-9-10-11-12-13-14-15-16-17-18-19-22-26-31-38-46-53-60-76(81)93-72(64-87-74(79)58-51-44-37-30-25-23-20-21-24-28-34-41-48-55-68(2)3)66-91-95(83,84)89-62-71(78)63-90-96(85,86)92-67-73(65-88-75(80)59-52-45-40-33-36-43-50-57-70(6)7)94-77(82)61-54-47-39-32-27-29-35-42-49-56-69(4)5/h68-73,78H,8-67H2,1-7H3,(H,83,84)(H,85,86)/t71-,72-,73-/m1/s1. The van der Waals surface area contributed by atoms with Crippen LogP contribution in [0, 0.1) is 17.8 Å². The highest BCUT2D eigenvalue weighted by Crippen LogP contribution is 2.45. The molecule has 0 aliphatic carbocycles. The lowest BCUT2D eigenvalue weighted by molar-refractivity contribution is -0.161. The highest BCUT2D eigenvalue weighted by atomic mass is 31.2. The van der Waals surface area contributed by atoms with Crippen molar-refractivity contribution in [2.24, 2.45) is 17.8 Å². The number of carbonyl (C=O) groups is 4. The van der Waals surface area contributed by atoms with E-state index in [0.717, 1.165) is 108 Å². The Kier molecular flexibility index (Phi) is 66.2. The summed E-state index contributed by atoms with van der Waals surface area (Å²) in [6.45, 7) is 11.8. The first-order valence-corrected chi connectivity index (χ1v) is 42.8. The number of esters is 4. The zero-order valence-corrected chi connectivity index (χ0v) is 64.6. The Hall–Kier alpha value is -1.94. The number of aliphatic hydroxyl groups is 1. The van der Waals surface area contributed by atoms with Crippen molar-refractivity contribution in [1.82, 2.24) is 0 Å². The topological polar surface area (TPSA) is 237 Å². The fourth-order valence-corrected chi connectivity index (χ4v) is 13.4. The van der Waals surface area contributed by atoms with Gasteiger partial charge in [-0.1, -0.05) is 344 Å². The van der Waals surface area contributed by atoms with Crippen LogP contribution in [0.4, 0.5) is 0 Å². The average molecular weight is 1410 g/mol. The van der Waals surface area contributed by atoms with Crippen molar-refractivity contribution in [2.75, 3.05) is 39.6 Å². The minimum atomic E-state index is -4.96. The molecule has 0 bridgehead atoms. The number of carbonyl (C=O) groups excluding carboxylic acids is 4. The number of aliphatic hydroxyl groups excluding tert-OH is 1. The first-order valence-electron chi connectivity index (χ1n) is 39.8. The molecule has 0 saturated heterocycles. The molecule has 0 amide bonds. The number of unbranched alkanes of at least 4 members (excludes halogenated alkanes) is 43. The van der Waals surface area contributed by atoms with E-state index in [1.165, 1.54) is 199 Å². The zero-order chi connectivity index (χ0) is 70.9. The zero-order valence-electron chi connectivity index (χ0n) is 62.8. The van der Waals surface area contributed by atoms with Crippen molar-refractivity contribution in [3.8, 4) is 0 Å². The van der Waals surface area contributed by atoms with Gasteiger partial charge in [-0.15, -0.1) is 0 Å². The molecule has 5 atom stereocenters. The molecule has 2 unspecified atom stereocenters. The minimum Gasteiger partial charge on any atom is -0.462 e. The molecular weight excluding hydrogens is 1260 g/mol. The van der Waals surface area contributed by atoms with Crippen LogP contribution in [0.1, 0.15) is 395 Å². The minimum absolute atomic E-state index is 0.104. The molecule has 0 rings (SSSR count). The van der Waals surface area contributed by atoms with E-state index in [-0.39, 0.29) is 25.7 Å². The van der Waals surface area contributed by atoms with Crippen LogP contribution in [-0.2, 0) is 65.4 Å². The van der Waals surface area contributed by atoms with Gasteiger partial charge in [0.05, 0.1) is 26.4 Å². The highest BCUT2D eigenvalue weighted by Gasteiger charge is 2.30. The number of ether oxygens (including phenoxy) is 4. The Bertz CT molecular complexity index is 1870. The molecule has 0 fully saturated rings. The van der Waals surface area contributed by atoms with Crippen molar-refractivity contribution >= 4 is 39.5 Å². The Morgan fingerprint density at radius 3 is 0.708 bits per heavy atom. The number of hydrogen-bond donors (Lipinski definition) is 3. The normalized spacial score (nSPS) is 14.1. The second-order valence-corrected chi connectivity index (χ2v) is 32.1. The summed E-state index contributed by atoms with van der Waals surface area (Å²) in [4.78, 5) is 72.8. The predicted octanol–water partition coefficient (Wildman–Crippen LogP) is 22.6. The van der Waals surface area contributed by atoms with Crippen LogP contribution >= 0.6 is 15.6 Å². The molecule has 0 radical (unpaired) electrons. The van der Waals surface area contributed by atoms with Gasteiger partial charge in [0.15, 0.2) is 12.2 Å². The van der Waals surface area contributed by atoms with E-state index in [9.17, 15) is 43.2 Å². The summed E-state index contributed by atoms with van der Waals surface area (Å²) >= 11 is 0. The lowest BCUT2D eigenvalue weighted by atomic mass is 10.0. The molecular formula is C77H150O17P2. The van der Waals surface area contributed by atoms with E-state index in [2.05, 4.69) is 48.5 Å². The molecule has 0 aromatic carbocycles. The molecule has 19 heteroatoms. The van der Waals surface area contributed by atoms with Crippen LogP contribution < -0.4 is 0 Å². The van der Waals surface area contributed by atoms with Crippen molar-refractivity contribution in [3.05, 3.63) is 0 Å². The quantitative estimate of drug-likeness (QED) is 0.0222. The van der Waals surface area contributed by atoms with Crippen LogP contribution in [0.15, 0.2) is 0 Å². The summed E-state index contributed by atoms with van der Waals surface area (Å²) in [5, 5.41) is 10.6. The monoisotopic (exact) mass is 1410 g/mol. The number of hydrogen-bond acceptors (Lipinski definition) is 15. The molecule has 3 N–H and O–H groups in total. The number of rotatable bonds is 75. The summed E-state index contributed by atoms with van der Waals surface area (Å²) in [7, 11) is -9.91. The van der Waals surface area contributed by atoms with E-state index >= 15 is 0 Å². The van der Waals surface area contributed by atoms with Gasteiger partial charge in [-0.2, -0.15) is 0 Å². The van der Waals surface area contributed by atoms with Crippen molar-refractivity contribution in [2.45, 2.75) is 414 Å². The van der Waals surface area contributed by atoms with E-state index in [1.54, 1.807) is 0 Å². The van der Waals surface area contributed by atoms with Gasteiger partial charge in [0, 0.05) is 25.7 Å². The first-order chi connectivity index (χ1) is 46.2. The van der Waals surface area contributed by atoms with Gasteiger partial charge in [-0.05, 0) is 43.4 Å². The van der Waals surface area contributed by atoms with Gasteiger partial charge in [0.1, 0.15) is 19.3 Å². The molecule has 0 heterocycles. The van der Waals surface area contributed by atoms with E-state index < -0.39 is 97.5 Å². The van der Waals surface area contributed by atoms with Gasteiger partial charge >= 0.3 is 39.5 Å². The maximum Gasteiger partial charge on any atom is 0.472 e. The van der Waals surface area contributed by atoms with Gasteiger partial charge in [0.2, 0.25) is 0 Å². The molecule has 0 aliphatic rings. The molecule has 0 spiro atoms. The molecule has 570 valence electrons. The van der Waals surface area contributed by atoms with E-state index in [0.29, 0.717) is 31.6 Å².